The van der Waals surface area contributed by atoms with Crippen molar-refractivity contribution in [3.05, 3.63) is 44.9 Å². The van der Waals surface area contributed by atoms with E-state index in [0.717, 1.165) is 18.5 Å². The van der Waals surface area contributed by atoms with Gasteiger partial charge >= 0.3 is 0 Å². The van der Waals surface area contributed by atoms with Crippen LogP contribution in [0.4, 0.5) is 0 Å². The summed E-state index contributed by atoms with van der Waals surface area (Å²) in [7, 11) is 0. The van der Waals surface area contributed by atoms with Gasteiger partial charge in [-0.3, -0.25) is 9.20 Å². The first-order chi connectivity index (χ1) is 7.24. The van der Waals surface area contributed by atoms with E-state index in [-0.39, 0.29) is 5.56 Å². The van der Waals surface area contributed by atoms with Crippen LogP contribution in [0.5, 0.6) is 0 Å². The second kappa shape index (κ2) is 4.14. The van der Waals surface area contributed by atoms with Gasteiger partial charge in [0, 0.05) is 6.20 Å². The van der Waals surface area contributed by atoms with Crippen molar-refractivity contribution in [2.75, 3.05) is 0 Å². The minimum Gasteiger partial charge on any atom is -0.268 e. The Kier molecular flexibility index (Phi) is 2.86. The average Bonchev–Trinajstić information content (AvgIpc) is 2.26. The number of aryl methyl sites for hydroxylation is 1. The Hall–Kier alpha value is -1.16. The minimum atomic E-state index is -0.0379. The van der Waals surface area contributed by atoms with Crippen molar-refractivity contribution in [3.63, 3.8) is 0 Å². The van der Waals surface area contributed by atoms with Gasteiger partial charge in [-0.1, -0.05) is 19.4 Å². The molecule has 0 spiro atoms. The smallest absolute Gasteiger partial charge is 0.268 e. The first-order valence-corrected chi connectivity index (χ1v) is 5.69. The third-order valence-electron chi connectivity index (χ3n) is 2.23. The Morgan fingerprint density at radius 3 is 3.00 bits per heavy atom. The molecule has 0 bridgehead atoms. The lowest BCUT2D eigenvalue weighted by molar-refractivity contribution is 0.858. The second-order valence-electron chi connectivity index (χ2n) is 3.36. The lowest BCUT2D eigenvalue weighted by Crippen LogP contribution is -2.17. The second-order valence-corrected chi connectivity index (χ2v) is 4.15. The summed E-state index contributed by atoms with van der Waals surface area (Å²) in [5, 5.41) is 0. The zero-order valence-corrected chi connectivity index (χ0v) is 9.99. The van der Waals surface area contributed by atoms with Gasteiger partial charge in [0.2, 0.25) is 0 Å². The minimum absolute atomic E-state index is 0.0379. The van der Waals surface area contributed by atoms with Crippen molar-refractivity contribution in [3.8, 4) is 0 Å². The van der Waals surface area contributed by atoms with Gasteiger partial charge in [-0.05, 0) is 34.5 Å². The summed E-state index contributed by atoms with van der Waals surface area (Å²) in [6.45, 7) is 2.07. The van der Waals surface area contributed by atoms with Crippen molar-refractivity contribution in [1.82, 2.24) is 9.38 Å². The Balaban J connectivity index is 2.77. The van der Waals surface area contributed by atoms with Crippen LogP contribution in [0, 0.1) is 0 Å². The Morgan fingerprint density at radius 2 is 2.27 bits per heavy atom. The predicted octanol–water partition coefficient (Wildman–Crippen LogP) is 2.41. The molecule has 0 aliphatic rings. The van der Waals surface area contributed by atoms with E-state index < -0.39 is 0 Å². The van der Waals surface area contributed by atoms with Gasteiger partial charge in [0.15, 0.2) is 0 Å². The van der Waals surface area contributed by atoms with E-state index in [2.05, 4.69) is 27.8 Å². The summed E-state index contributed by atoms with van der Waals surface area (Å²) in [4.78, 5) is 16.3. The van der Waals surface area contributed by atoms with Gasteiger partial charge < -0.3 is 0 Å². The molecule has 0 saturated heterocycles. The predicted molar refractivity (Wildman–Crippen MR) is 63.2 cm³/mol. The van der Waals surface area contributed by atoms with Gasteiger partial charge in [-0.15, -0.1) is 0 Å². The van der Waals surface area contributed by atoms with Gasteiger partial charge in [-0.25, -0.2) is 4.98 Å². The highest BCUT2D eigenvalue weighted by Gasteiger charge is 2.08. The SMILES string of the molecule is CCCc1nc2ccccn2c(=O)c1Br. The lowest BCUT2D eigenvalue weighted by Gasteiger charge is -2.05. The molecule has 2 aromatic heterocycles. The molecule has 0 atom stereocenters. The molecule has 0 saturated carbocycles. The number of rotatable bonds is 2. The first-order valence-electron chi connectivity index (χ1n) is 4.90. The fourth-order valence-electron chi connectivity index (χ4n) is 1.52. The molecular weight excluding hydrogens is 256 g/mol. The molecule has 15 heavy (non-hydrogen) atoms. The number of halogens is 1. The summed E-state index contributed by atoms with van der Waals surface area (Å²) in [5.74, 6) is 0. The number of fused-ring (bicyclic) bond motifs is 1. The average molecular weight is 267 g/mol. The summed E-state index contributed by atoms with van der Waals surface area (Å²) < 4.78 is 2.12. The van der Waals surface area contributed by atoms with Crippen molar-refractivity contribution < 1.29 is 0 Å². The Bertz CT molecular complexity index is 548. The Morgan fingerprint density at radius 1 is 1.47 bits per heavy atom. The van der Waals surface area contributed by atoms with Crippen LogP contribution in [0.25, 0.3) is 5.65 Å². The standard InChI is InChI=1S/C11H11BrN2O/c1-2-5-8-10(12)11(15)14-7-4-3-6-9(14)13-8/h3-4,6-7H,2,5H2,1H3. The maximum absolute atomic E-state index is 11.9. The zero-order chi connectivity index (χ0) is 10.8. The maximum atomic E-state index is 11.9. The van der Waals surface area contributed by atoms with Crippen LogP contribution in [0.2, 0.25) is 0 Å². The van der Waals surface area contributed by atoms with E-state index >= 15 is 0 Å². The summed E-state index contributed by atoms with van der Waals surface area (Å²) in [5.41, 5.74) is 1.51. The van der Waals surface area contributed by atoms with Crippen LogP contribution in [-0.2, 0) is 6.42 Å². The fourth-order valence-corrected chi connectivity index (χ4v) is 1.99. The molecule has 0 N–H and O–H groups in total. The number of hydrogen-bond donors (Lipinski definition) is 0. The van der Waals surface area contributed by atoms with Crippen molar-refractivity contribution >= 4 is 21.6 Å². The highest BCUT2D eigenvalue weighted by atomic mass is 79.9. The van der Waals surface area contributed by atoms with Crippen LogP contribution in [-0.4, -0.2) is 9.38 Å². The third kappa shape index (κ3) is 1.81. The summed E-state index contributed by atoms with van der Waals surface area (Å²) in [6.07, 6.45) is 3.53. The molecule has 0 aliphatic heterocycles. The molecule has 4 heteroatoms. The van der Waals surface area contributed by atoms with E-state index in [0.29, 0.717) is 10.1 Å². The lowest BCUT2D eigenvalue weighted by atomic mass is 10.2. The topological polar surface area (TPSA) is 34.4 Å². The molecule has 0 radical (unpaired) electrons. The summed E-state index contributed by atoms with van der Waals surface area (Å²) in [6, 6.07) is 5.54. The molecule has 2 heterocycles. The van der Waals surface area contributed by atoms with E-state index in [1.807, 2.05) is 18.2 Å². The highest BCUT2D eigenvalue weighted by Crippen LogP contribution is 2.12. The molecule has 78 valence electrons. The van der Waals surface area contributed by atoms with Gasteiger partial charge in [0.05, 0.1) is 5.69 Å². The number of aromatic nitrogens is 2. The molecule has 0 aliphatic carbocycles. The number of hydrogen-bond acceptors (Lipinski definition) is 2. The van der Waals surface area contributed by atoms with Gasteiger partial charge in [0.25, 0.3) is 5.56 Å². The van der Waals surface area contributed by atoms with Crippen molar-refractivity contribution in [1.29, 1.82) is 0 Å². The molecule has 2 rings (SSSR count). The normalized spacial score (nSPS) is 10.8. The maximum Gasteiger partial charge on any atom is 0.272 e. The van der Waals surface area contributed by atoms with Crippen LogP contribution in [0.15, 0.2) is 33.7 Å². The third-order valence-corrected chi connectivity index (χ3v) is 3.03. The molecule has 2 aromatic rings. The van der Waals surface area contributed by atoms with E-state index in [1.165, 1.54) is 0 Å². The zero-order valence-electron chi connectivity index (χ0n) is 8.40. The molecular formula is C11H11BrN2O. The van der Waals surface area contributed by atoms with E-state index in [1.54, 1.807) is 10.6 Å². The first kappa shape index (κ1) is 10.4. The largest absolute Gasteiger partial charge is 0.272 e. The van der Waals surface area contributed by atoms with Crippen LogP contribution >= 0.6 is 15.9 Å². The quantitative estimate of drug-likeness (QED) is 0.837. The van der Waals surface area contributed by atoms with Crippen molar-refractivity contribution in [2.24, 2.45) is 0 Å². The van der Waals surface area contributed by atoms with Crippen molar-refractivity contribution in [2.45, 2.75) is 19.8 Å². The van der Waals surface area contributed by atoms with Crippen LogP contribution in [0.1, 0.15) is 19.0 Å². The fraction of sp³-hybridized carbons (Fsp3) is 0.273. The molecule has 0 unspecified atom stereocenters. The highest BCUT2D eigenvalue weighted by molar-refractivity contribution is 9.10. The molecule has 0 amide bonds. The number of pyridine rings is 1. The van der Waals surface area contributed by atoms with Gasteiger partial charge in [0.1, 0.15) is 10.1 Å². The van der Waals surface area contributed by atoms with E-state index in [4.69, 9.17) is 0 Å². The summed E-state index contributed by atoms with van der Waals surface area (Å²) >= 11 is 3.31. The molecule has 3 nitrogen and oxygen atoms in total. The van der Waals surface area contributed by atoms with Crippen LogP contribution in [0.3, 0.4) is 0 Å². The van der Waals surface area contributed by atoms with Gasteiger partial charge in [-0.2, -0.15) is 0 Å². The monoisotopic (exact) mass is 266 g/mol. The molecule has 0 fully saturated rings. The van der Waals surface area contributed by atoms with E-state index in [9.17, 15) is 4.79 Å². The molecule has 0 aromatic carbocycles. The van der Waals surface area contributed by atoms with Crippen LogP contribution < -0.4 is 5.56 Å². The number of nitrogens with zero attached hydrogens (tertiary/aromatic N) is 2. The Labute approximate surface area is 95.9 Å².